The van der Waals surface area contributed by atoms with Gasteiger partial charge >= 0.3 is 0 Å². The second-order valence-electron chi connectivity index (χ2n) is 7.11. The predicted molar refractivity (Wildman–Crippen MR) is 105 cm³/mol. The maximum atomic E-state index is 13.5. The Balaban J connectivity index is 0.000000172. The van der Waals surface area contributed by atoms with E-state index in [0.29, 0.717) is 44.7 Å². The lowest BCUT2D eigenvalue weighted by molar-refractivity contribution is -0.385. The second kappa shape index (κ2) is 9.13. The highest BCUT2D eigenvalue weighted by Crippen LogP contribution is 2.24. The first-order chi connectivity index (χ1) is 14.2. The molecule has 0 aromatic carbocycles. The van der Waals surface area contributed by atoms with Crippen LogP contribution in [0.4, 0.5) is 31.8 Å². The summed E-state index contributed by atoms with van der Waals surface area (Å²) in [6.45, 7) is 1.88. The van der Waals surface area contributed by atoms with Crippen molar-refractivity contribution < 1.29 is 23.9 Å². The van der Waals surface area contributed by atoms with E-state index in [0.717, 1.165) is 12.3 Å². The Hall–Kier alpha value is -3.12. The molecule has 10 nitrogen and oxygen atoms in total. The molecule has 2 aromatic heterocycles. The zero-order chi connectivity index (χ0) is 21.8. The lowest BCUT2D eigenvalue weighted by atomic mass is 10.3. The standard InChI is InChI=1S/C9H10FN3O3.C9H12FN3O/c10-8-3-6(13(15)16)4-11-9(8)12-2-1-7(14)5-12;10-8-3-6(11)4-12-9(8)13-2-1-7(14)5-13/h3-4,7,14H,1-2,5H2;3-4,7,14H,1-2,5,11H2/t2*7-/m11/s1. The van der Waals surface area contributed by atoms with E-state index in [-0.39, 0.29) is 23.4 Å². The van der Waals surface area contributed by atoms with Crippen molar-refractivity contribution in [1.82, 2.24) is 9.97 Å². The third-order valence-electron chi connectivity index (χ3n) is 4.79. The van der Waals surface area contributed by atoms with Crippen molar-refractivity contribution in [3.8, 4) is 0 Å². The number of aliphatic hydroxyl groups is 2. The van der Waals surface area contributed by atoms with Gasteiger partial charge in [0.2, 0.25) is 0 Å². The van der Waals surface area contributed by atoms with Crippen molar-refractivity contribution in [2.75, 3.05) is 41.7 Å². The van der Waals surface area contributed by atoms with E-state index in [2.05, 4.69) is 9.97 Å². The van der Waals surface area contributed by atoms with Crippen LogP contribution in [0.25, 0.3) is 0 Å². The molecule has 0 amide bonds. The number of aliphatic hydroxyl groups excluding tert-OH is 2. The summed E-state index contributed by atoms with van der Waals surface area (Å²) < 4.78 is 26.9. The normalized spacial score (nSPS) is 20.8. The summed E-state index contributed by atoms with van der Waals surface area (Å²) in [5.74, 6) is -0.833. The number of β-amino-alcohol motifs (C(OH)–C–C–N with tert-alkyl or cyclic N) is 2. The summed E-state index contributed by atoms with van der Waals surface area (Å²) >= 11 is 0. The van der Waals surface area contributed by atoms with Gasteiger partial charge in [-0.3, -0.25) is 10.1 Å². The van der Waals surface area contributed by atoms with Crippen LogP contribution in [-0.4, -0.2) is 63.5 Å². The van der Waals surface area contributed by atoms with Crippen molar-refractivity contribution in [3.63, 3.8) is 0 Å². The molecule has 2 aromatic rings. The van der Waals surface area contributed by atoms with Crippen molar-refractivity contribution in [3.05, 3.63) is 46.3 Å². The van der Waals surface area contributed by atoms with Crippen LogP contribution in [-0.2, 0) is 0 Å². The summed E-state index contributed by atoms with van der Waals surface area (Å²) in [6, 6.07) is 2.08. The fourth-order valence-electron chi connectivity index (χ4n) is 3.30. The molecule has 2 saturated heterocycles. The lowest BCUT2D eigenvalue weighted by Gasteiger charge is -2.16. The predicted octanol–water partition coefficient (Wildman–Crippen LogP) is 1.07. The Morgan fingerprint density at radius 2 is 1.50 bits per heavy atom. The summed E-state index contributed by atoms with van der Waals surface area (Å²) in [5.41, 5.74) is 5.32. The van der Waals surface area contributed by atoms with E-state index in [9.17, 15) is 29.1 Å². The highest BCUT2D eigenvalue weighted by atomic mass is 19.1. The Kier molecular flexibility index (Phi) is 6.57. The Morgan fingerprint density at radius 1 is 1.00 bits per heavy atom. The highest BCUT2D eigenvalue weighted by Gasteiger charge is 2.25. The monoisotopic (exact) mass is 424 g/mol. The van der Waals surface area contributed by atoms with Crippen molar-refractivity contribution in [2.24, 2.45) is 0 Å². The van der Waals surface area contributed by atoms with Gasteiger partial charge in [-0.15, -0.1) is 0 Å². The molecule has 0 saturated carbocycles. The first kappa shape index (κ1) is 21.6. The van der Waals surface area contributed by atoms with Crippen molar-refractivity contribution >= 4 is 23.0 Å². The van der Waals surface area contributed by atoms with E-state index in [1.807, 2.05) is 0 Å². The molecule has 4 heterocycles. The lowest BCUT2D eigenvalue weighted by Crippen LogP contribution is -2.23. The number of anilines is 3. The maximum absolute atomic E-state index is 13.5. The molecule has 0 radical (unpaired) electrons. The molecule has 0 spiro atoms. The Labute approximate surface area is 170 Å². The summed E-state index contributed by atoms with van der Waals surface area (Å²) in [7, 11) is 0. The minimum absolute atomic E-state index is 0.0575. The zero-order valence-corrected chi connectivity index (χ0v) is 16.0. The molecule has 0 unspecified atom stereocenters. The molecular formula is C18H22F2N6O4. The molecule has 0 bridgehead atoms. The molecular weight excluding hydrogens is 402 g/mol. The van der Waals surface area contributed by atoms with Crippen LogP contribution in [0, 0.1) is 21.7 Å². The summed E-state index contributed by atoms with van der Waals surface area (Å²) in [6.07, 6.45) is 2.78. The molecule has 4 N–H and O–H groups in total. The van der Waals surface area contributed by atoms with E-state index in [4.69, 9.17) is 5.73 Å². The molecule has 0 aliphatic carbocycles. The van der Waals surface area contributed by atoms with Gasteiger partial charge in [0, 0.05) is 32.2 Å². The number of pyridine rings is 2. The van der Waals surface area contributed by atoms with E-state index in [1.54, 1.807) is 9.80 Å². The number of rotatable bonds is 3. The van der Waals surface area contributed by atoms with Gasteiger partial charge < -0.3 is 25.7 Å². The number of aromatic nitrogens is 2. The fourth-order valence-corrected chi connectivity index (χ4v) is 3.30. The molecule has 2 aliphatic heterocycles. The summed E-state index contributed by atoms with van der Waals surface area (Å²) in [5, 5.41) is 29.0. The minimum Gasteiger partial charge on any atom is -0.397 e. The van der Waals surface area contributed by atoms with Gasteiger partial charge in [0.05, 0.1) is 35.1 Å². The topological polar surface area (TPSA) is 142 Å². The number of halogens is 2. The van der Waals surface area contributed by atoms with Crippen LogP contribution in [0.3, 0.4) is 0 Å². The van der Waals surface area contributed by atoms with Gasteiger partial charge in [-0.2, -0.15) is 0 Å². The number of hydrogen-bond donors (Lipinski definition) is 3. The second-order valence-corrected chi connectivity index (χ2v) is 7.11. The van der Waals surface area contributed by atoms with Gasteiger partial charge in [-0.1, -0.05) is 0 Å². The van der Waals surface area contributed by atoms with Crippen LogP contribution >= 0.6 is 0 Å². The largest absolute Gasteiger partial charge is 0.397 e. The molecule has 4 rings (SSSR count). The molecule has 12 heteroatoms. The SMILES string of the molecule is Nc1cnc(N2CC[C@@H](O)C2)c(F)c1.O=[N+]([O-])c1cnc(N2CC[C@@H](O)C2)c(F)c1. The van der Waals surface area contributed by atoms with E-state index in [1.165, 1.54) is 12.3 Å². The average molecular weight is 424 g/mol. The quantitative estimate of drug-likeness (QED) is 0.487. The first-order valence-corrected chi connectivity index (χ1v) is 9.31. The van der Waals surface area contributed by atoms with E-state index < -0.39 is 22.7 Å². The van der Waals surface area contributed by atoms with Gasteiger partial charge in [-0.05, 0) is 12.8 Å². The number of nitrogens with two attached hydrogens (primary N) is 1. The zero-order valence-electron chi connectivity index (χ0n) is 16.0. The average Bonchev–Trinajstić information content (AvgIpc) is 3.30. The summed E-state index contributed by atoms with van der Waals surface area (Å²) in [4.78, 5) is 20.6. The Bertz CT molecular complexity index is 918. The smallest absolute Gasteiger partial charge is 0.290 e. The number of hydrogen-bond acceptors (Lipinski definition) is 9. The van der Waals surface area contributed by atoms with Crippen LogP contribution < -0.4 is 15.5 Å². The number of nitrogen functional groups attached to an aromatic ring is 1. The van der Waals surface area contributed by atoms with Crippen molar-refractivity contribution in [1.29, 1.82) is 0 Å². The van der Waals surface area contributed by atoms with Crippen LogP contribution in [0.2, 0.25) is 0 Å². The van der Waals surface area contributed by atoms with Gasteiger partial charge in [0.15, 0.2) is 23.3 Å². The molecule has 30 heavy (non-hydrogen) atoms. The van der Waals surface area contributed by atoms with Crippen LogP contribution in [0.15, 0.2) is 24.5 Å². The molecule has 162 valence electrons. The minimum atomic E-state index is -0.733. The van der Waals surface area contributed by atoms with Gasteiger partial charge in [0.1, 0.15) is 6.20 Å². The van der Waals surface area contributed by atoms with Gasteiger partial charge in [0.25, 0.3) is 5.69 Å². The first-order valence-electron chi connectivity index (χ1n) is 9.31. The third-order valence-corrected chi connectivity index (χ3v) is 4.79. The van der Waals surface area contributed by atoms with E-state index >= 15 is 0 Å². The van der Waals surface area contributed by atoms with Gasteiger partial charge in [-0.25, -0.2) is 18.7 Å². The highest BCUT2D eigenvalue weighted by molar-refractivity contribution is 5.48. The fraction of sp³-hybridized carbons (Fsp3) is 0.444. The Morgan fingerprint density at radius 3 is 1.90 bits per heavy atom. The molecule has 2 aliphatic rings. The number of nitrogens with zero attached hydrogens (tertiary/aromatic N) is 5. The van der Waals surface area contributed by atoms with Crippen molar-refractivity contribution in [2.45, 2.75) is 25.0 Å². The third kappa shape index (κ3) is 5.07. The number of nitro groups is 1. The van der Waals surface area contributed by atoms with Crippen LogP contribution in [0.5, 0.6) is 0 Å². The van der Waals surface area contributed by atoms with Crippen LogP contribution in [0.1, 0.15) is 12.8 Å². The molecule has 2 fully saturated rings. The maximum Gasteiger partial charge on any atom is 0.290 e. The molecule has 2 atom stereocenters.